The van der Waals surface area contributed by atoms with Gasteiger partial charge in [0.1, 0.15) is 0 Å². The van der Waals surface area contributed by atoms with Crippen LogP contribution in [0.25, 0.3) is 0 Å². The zero-order valence-corrected chi connectivity index (χ0v) is 20.2. The van der Waals surface area contributed by atoms with E-state index in [0.717, 1.165) is 11.8 Å². The molecule has 0 rings (SSSR count). The molecule has 0 aromatic rings. The first-order chi connectivity index (χ1) is 13.0. The molecule has 0 bridgehead atoms. The van der Waals surface area contributed by atoms with Crippen LogP contribution in [0.3, 0.4) is 0 Å². The summed E-state index contributed by atoms with van der Waals surface area (Å²) in [5, 5.41) is 0. The molecule has 27 heavy (non-hydrogen) atoms. The largest absolute Gasteiger partial charge is 0.100 e. The standard InChI is InChI=1S/C25H48.C2H6/c1-7-9-11-13-15-17-23(5)20-24(6)21-25(19-22(3)4)18-16-14-12-10-8-2;1-2/h23,25H,3,6-21H2,1-2,4-5H3;1-2H3. The molecule has 0 aromatic carbocycles. The van der Waals surface area contributed by atoms with Crippen molar-refractivity contribution in [1.82, 2.24) is 0 Å². The lowest BCUT2D eigenvalue weighted by Gasteiger charge is -2.20. The first-order valence-electron chi connectivity index (χ1n) is 12.3. The molecule has 0 aliphatic rings. The Bertz CT molecular complexity index is 325. The van der Waals surface area contributed by atoms with Gasteiger partial charge in [0.05, 0.1) is 0 Å². The summed E-state index contributed by atoms with van der Waals surface area (Å²) in [6.45, 7) is 21.8. The van der Waals surface area contributed by atoms with E-state index in [1.54, 1.807) is 0 Å². The molecule has 162 valence electrons. The number of allylic oxidation sites excluding steroid dienone is 2. The third-order valence-corrected chi connectivity index (χ3v) is 5.37. The van der Waals surface area contributed by atoms with Crippen molar-refractivity contribution in [2.24, 2.45) is 11.8 Å². The average Bonchev–Trinajstić information content (AvgIpc) is 2.62. The first kappa shape index (κ1) is 28.7. The highest BCUT2D eigenvalue weighted by Crippen LogP contribution is 2.28. The summed E-state index contributed by atoms with van der Waals surface area (Å²) in [5.41, 5.74) is 2.83. The van der Waals surface area contributed by atoms with Gasteiger partial charge in [-0.15, -0.1) is 6.58 Å². The Morgan fingerprint density at radius 1 is 0.667 bits per heavy atom. The van der Waals surface area contributed by atoms with Crippen LogP contribution >= 0.6 is 0 Å². The molecular formula is C27H54. The average molecular weight is 379 g/mol. The quantitative estimate of drug-likeness (QED) is 0.164. The SMILES string of the molecule is C=C(C)CC(CCCCCCC)CC(=C)CC(C)CCCCCCC.CC. The molecule has 0 aromatic heterocycles. The monoisotopic (exact) mass is 378 g/mol. The van der Waals surface area contributed by atoms with Gasteiger partial charge in [0.2, 0.25) is 0 Å². The number of hydrogen-bond acceptors (Lipinski definition) is 0. The molecule has 2 unspecified atom stereocenters. The molecule has 0 fully saturated rings. The fourth-order valence-electron chi connectivity index (χ4n) is 3.99. The number of hydrogen-bond donors (Lipinski definition) is 0. The molecule has 0 radical (unpaired) electrons. The third kappa shape index (κ3) is 21.6. The van der Waals surface area contributed by atoms with Crippen molar-refractivity contribution in [3.05, 3.63) is 24.3 Å². The van der Waals surface area contributed by atoms with Crippen LogP contribution in [-0.2, 0) is 0 Å². The Labute approximate surface area is 174 Å². The van der Waals surface area contributed by atoms with Crippen molar-refractivity contribution in [2.75, 3.05) is 0 Å². The van der Waals surface area contributed by atoms with Crippen LogP contribution in [0.2, 0.25) is 0 Å². The maximum Gasteiger partial charge on any atom is -0.0291 e. The molecule has 0 spiro atoms. The van der Waals surface area contributed by atoms with E-state index in [1.165, 1.54) is 107 Å². The number of unbranched alkanes of at least 4 members (excludes halogenated alkanes) is 8. The fraction of sp³-hybridized carbons (Fsp3) is 0.852. The lowest BCUT2D eigenvalue weighted by molar-refractivity contribution is 0.422. The van der Waals surface area contributed by atoms with Crippen LogP contribution in [0.1, 0.15) is 138 Å². The summed E-state index contributed by atoms with van der Waals surface area (Å²) >= 11 is 0. The highest BCUT2D eigenvalue weighted by Gasteiger charge is 2.13. The predicted molar refractivity (Wildman–Crippen MR) is 129 cm³/mol. The summed E-state index contributed by atoms with van der Waals surface area (Å²) in [7, 11) is 0. The van der Waals surface area contributed by atoms with Crippen LogP contribution in [0.4, 0.5) is 0 Å². The third-order valence-electron chi connectivity index (χ3n) is 5.37. The molecule has 2 atom stereocenters. The van der Waals surface area contributed by atoms with E-state index in [-0.39, 0.29) is 0 Å². The van der Waals surface area contributed by atoms with Gasteiger partial charge in [-0.05, 0) is 44.4 Å². The molecule has 0 heteroatoms. The Hall–Kier alpha value is -0.520. The summed E-state index contributed by atoms with van der Waals surface area (Å²) in [6, 6.07) is 0. The molecule has 0 heterocycles. The van der Waals surface area contributed by atoms with E-state index in [2.05, 4.69) is 40.9 Å². The van der Waals surface area contributed by atoms with Crippen molar-refractivity contribution in [3.63, 3.8) is 0 Å². The van der Waals surface area contributed by atoms with Gasteiger partial charge in [-0.25, -0.2) is 0 Å². The van der Waals surface area contributed by atoms with Crippen LogP contribution in [-0.4, -0.2) is 0 Å². The van der Waals surface area contributed by atoms with E-state index < -0.39 is 0 Å². The molecule has 0 aliphatic carbocycles. The fourth-order valence-corrected chi connectivity index (χ4v) is 3.99. The van der Waals surface area contributed by atoms with Crippen molar-refractivity contribution in [2.45, 2.75) is 138 Å². The van der Waals surface area contributed by atoms with Crippen molar-refractivity contribution < 1.29 is 0 Å². The van der Waals surface area contributed by atoms with Gasteiger partial charge < -0.3 is 0 Å². The molecule has 0 aliphatic heterocycles. The zero-order valence-electron chi connectivity index (χ0n) is 20.2. The van der Waals surface area contributed by atoms with Gasteiger partial charge >= 0.3 is 0 Å². The second-order valence-electron chi connectivity index (χ2n) is 8.70. The molecular weight excluding hydrogens is 324 g/mol. The van der Waals surface area contributed by atoms with Crippen LogP contribution in [0, 0.1) is 11.8 Å². The van der Waals surface area contributed by atoms with E-state index >= 15 is 0 Å². The summed E-state index contributed by atoms with van der Waals surface area (Å²) in [4.78, 5) is 0. The highest BCUT2D eigenvalue weighted by atomic mass is 14.2. The van der Waals surface area contributed by atoms with Gasteiger partial charge in [-0.3, -0.25) is 0 Å². The number of rotatable bonds is 18. The zero-order chi connectivity index (χ0) is 20.9. The van der Waals surface area contributed by atoms with Crippen molar-refractivity contribution in [3.8, 4) is 0 Å². The van der Waals surface area contributed by atoms with Gasteiger partial charge in [0, 0.05) is 0 Å². The van der Waals surface area contributed by atoms with Crippen molar-refractivity contribution >= 4 is 0 Å². The summed E-state index contributed by atoms with van der Waals surface area (Å²) < 4.78 is 0. The second-order valence-corrected chi connectivity index (χ2v) is 8.70. The smallest absolute Gasteiger partial charge is 0.0291 e. The van der Waals surface area contributed by atoms with Gasteiger partial charge in [0.25, 0.3) is 0 Å². The topological polar surface area (TPSA) is 0 Å². The Kier molecular flexibility index (Phi) is 23.1. The lowest BCUT2D eigenvalue weighted by atomic mass is 9.85. The minimum atomic E-state index is 0.781. The van der Waals surface area contributed by atoms with Crippen LogP contribution < -0.4 is 0 Å². The van der Waals surface area contributed by atoms with Gasteiger partial charge in [0.15, 0.2) is 0 Å². The second kappa shape index (κ2) is 21.8. The molecule has 0 saturated carbocycles. The normalized spacial score (nSPS) is 12.8. The first-order valence-corrected chi connectivity index (χ1v) is 12.3. The summed E-state index contributed by atoms with van der Waals surface area (Å²) in [5.74, 6) is 1.59. The minimum Gasteiger partial charge on any atom is -0.100 e. The highest BCUT2D eigenvalue weighted by molar-refractivity contribution is 5.00. The Balaban J connectivity index is 0. The predicted octanol–water partition coefficient (Wildman–Crippen LogP) is 10.3. The van der Waals surface area contributed by atoms with Gasteiger partial charge in [-0.1, -0.05) is 123 Å². The minimum absolute atomic E-state index is 0.781. The van der Waals surface area contributed by atoms with E-state index in [9.17, 15) is 0 Å². The maximum absolute atomic E-state index is 4.43. The Morgan fingerprint density at radius 3 is 1.63 bits per heavy atom. The van der Waals surface area contributed by atoms with E-state index in [1.807, 2.05) is 13.8 Å². The molecule has 0 N–H and O–H groups in total. The maximum atomic E-state index is 4.43. The summed E-state index contributed by atoms with van der Waals surface area (Å²) in [6.07, 6.45) is 20.3. The molecule has 0 saturated heterocycles. The van der Waals surface area contributed by atoms with E-state index in [4.69, 9.17) is 0 Å². The molecule has 0 nitrogen and oxygen atoms in total. The lowest BCUT2D eigenvalue weighted by Crippen LogP contribution is -2.05. The van der Waals surface area contributed by atoms with Crippen LogP contribution in [0.15, 0.2) is 24.3 Å². The Morgan fingerprint density at radius 2 is 1.15 bits per heavy atom. The van der Waals surface area contributed by atoms with Gasteiger partial charge in [-0.2, -0.15) is 0 Å². The van der Waals surface area contributed by atoms with Crippen LogP contribution in [0.5, 0.6) is 0 Å². The van der Waals surface area contributed by atoms with Crippen molar-refractivity contribution in [1.29, 1.82) is 0 Å². The molecule has 0 amide bonds. The van der Waals surface area contributed by atoms with E-state index in [0.29, 0.717) is 0 Å².